The Morgan fingerprint density at radius 3 is 2.95 bits per heavy atom. The molecule has 7 heteroatoms. The van der Waals surface area contributed by atoms with E-state index in [-0.39, 0.29) is 6.61 Å². The van der Waals surface area contributed by atoms with Crippen molar-refractivity contribution in [2.45, 2.75) is 19.5 Å². The van der Waals surface area contributed by atoms with Gasteiger partial charge in [-0.1, -0.05) is 5.21 Å². The van der Waals surface area contributed by atoms with E-state index in [1.54, 1.807) is 4.68 Å². The molecular weight excluding hydrogens is 246 g/mol. The first-order chi connectivity index (χ1) is 9.38. The van der Waals surface area contributed by atoms with Gasteiger partial charge in [0.2, 0.25) is 0 Å². The normalized spacial score (nSPS) is 16.9. The van der Waals surface area contributed by atoms with Crippen LogP contribution in [0.1, 0.15) is 12.1 Å². The van der Waals surface area contributed by atoms with E-state index in [0.29, 0.717) is 6.42 Å². The Kier molecular flexibility index (Phi) is 6.22. The van der Waals surface area contributed by atoms with Crippen LogP contribution in [0.4, 0.5) is 0 Å². The number of morpholine rings is 1. The van der Waals surface area contributed by atoms with E-state index in [1.165, 1.54) is 0 Å². The van der Waals surface area contributed by atoms with Gasteiger partial charge in [0.05, 0.1) is 18.9 Å². The fourth-order valence-electron chi connectivity index (χ4n) is 2.04. The molecule has 1 aromatic rings. The summed E-state index contributed by atoms with van der Waals surface area (Å²) in [6.07, 6.45) is 2.64. The van der Waals surface area contributed by atoms with E-state index >= 15 is 0 Å². The van der Waals surface area contributed by atoms with E-state index < -0.39 is 0 Å². The van der Waals surface area contributed by atoms with Gasteiger partial charge in [-0.05, 0) is 6.42 Å². The number of aromatic nitrogens is 3. The van der Waals surface area contributed by atoms with Crippen LogP contribution in [0.5, 0.6) is 0 Å². The number of rotatable bonds is 8. The Hall–Kier alpha value is -1.02. The summed E-state index contributed by atoms with van der Waals surface area (Å²) in [5.74, 6) is 0. The van der Waals surface area contributed by atoms with E-state index in [4.69, 9.17) is 9.84 Å². The fraction of sp³-hybridized carbons (Fsp3) is 0.833. The van der Waals surface area contributed by atoms with Crippen LogP contribution in [-0.2, 0) is 17.8 Å². The van der Waals surface area contributed by atoms with Crippen molar-refractivity contribution in [2.24, 2.45) is 0 Å². The Morgan fingerprint density at radius 1 is 1.32 bits per heavy atom. The van der Waals surface area contributed by atoms with Crippen molar-refractivity contribution in [2.75, 3.05) is 46.0 Å². The van der Waals surface area contributed by atoms with Crippen LogP contribution in [0.2, 0.25) is 0 Å². The number of aliphatic hydroxyl groups is 1. The summed E-state index contributed by atoms with van der Waals surface area (Å²) in [5, 5.41) is 20.2. The number of hydrogen-bond donors (Lipinski definition) is 2. The van der Waals surface area contributed by atoms with E-state index in [9.17, 15) is 0 Å². The van der Waals surface area contributed by atoms with Gasteiger partial charge in [-0.2, -0.15) is 0 Å². The summed E-state index contributed by atoms with van der Waals surface area (Å²) >= 11 is 0. The van der Waals surface area contributed by atoms with Crippen molar-refractivity contribution in [3.8, 4) is 0 Å². The van der Waals surface area contributed by atoms with Crippen molar-refractivity contribution < 1.29 is 9.84 Å². The second-order valence-electron chi connectivity index (χ2n) is 4.68. The highest BCUT2D eigenvalue weighted by Crippen LogP contribution is 1.96. The van der Waals surface area contributed by atoms with Gasteiger partial charge in [0.1, 0.15) is 0 Å². The van der Waals surface area contributed by atoms with Crippen molar-refractivity contribution in [3.05, 3.63) is 11.9 Å². The summed E-state index contributed by atoms with van der Waals surface area (Å²) in [5.41, 5.74) is 0.944. The second-order valence-corrected chi connectivity index (χ2v) is 4.68. The molecule has 1 aromatic heterocycles. The van der Waals surface area contributed by atoms with Crippen LogP contribution in [0.3, 0.4) is 0 Å². The lowest BCUT2D eigenvalue weighted by Crippen LogP contribution is -2.40. The quantitative estimate of drug-likeness (QED) is 0.595. The summed E-state index contributed by atoms with van der Waals surface area (Å²) < 4.78 is 7.08. The lowest BCUT2D eigenvalue weighted by atomic mass is 10.4. The molecule has 0 amide bonds. The molecule has 1 fully saturated rings. The Labute approximate surface area is 113 Å². The zero-order chi connectivity index (χ0) is 13.3. The van der Waals surface area contributed by atoms with Crippen molar-refractivity contribution in [1.29, 1.82) is 0 Å². The fourth-order valence-corrected chi connectivity index (χ4v) is 2.04. The number of aliphatic hydroxyl groups excluding tert-OH is 1. The molecule has 0 aliphatic carbocycles. The monoisotopic (exact) mass is 269 g/mol. The highest BCUT2D eigenvalue weighted by molar-refractivity contribution is 4.91. The van der Waals surface area contributed by atoms with Crippen LogP contribution in [0, 0.1) is 0 Å². The lowest BCUT2D eigenvalue weighted by Gasteiger charge is -2.26. The Bertz CT molecular complexity index is 352. The molecular formula is C12H23N5O2. The zero-order valence-electron chi connectivity index (χ0n) is 11.3. The largest absolute Gasteiger partial charge is 0.396 e. The Balaban J connectivity index is 1.58. The molecule has 1 aliphatic heterocycles. The van der Waals surface area contributed by atoms with Gasteiger partial charge < -0.3 is 15.2 Å². The van der Waals surface area contributed by atoms with Crippen molar-refractivity contribution >= 4 is 0 Å². The molecule has 0 unspecified atom stereocenters. The topological polar surface area (TPSA) is 75.4 Å². The van der Waals surface area contributed by atoms with Gasteiger partial charge in [0, 0.05) is 52.1 Å². The maximum Gasteiger partial charge on any atom is 0.0964 e. The first-order valence-electron chi connectivity index (χ1n) is 6.89. The number of ether oxygens (including phenoxy) is 1. The van der Waals surface area contributed by atoms with Gasteiger partial charge in [0.15, 0.2) is 0 Å². The summed E-state index contributed by atoms with van der Waals surface area (Å²) in [4.78, 5) is 2.40. The second kappa shape index (κ2) is 8.21. The molecule has 2 heterocycles. The summed E-state index contributed by atoms with van der Waals surface area (Å²) in [6, 6.07) is 0. The number of nitrogens with zero attached hydrogens (tertiary/aromatic N) is 4. The van der Waals surface area contributed by atoms with Gasteiger partial charge in [0.25, 0.3) is 0 Å². The van der Waals surface area contributed by atoms with E-state index in [0.717, 1.165) is 58.2 Å². The van der Waals surface area contributed by atoms with Crippen molar-refractivity contribution in [3.63, 3.8) is 0 Å². The smallest absolute Gasteiger partial charge is 0.0964 e. The summed E-state index contributed by atoms with van der Waals surface area (Å²) in [6.45, 7) is 7.38. The molecule has 2 rings (SSSR count). The van der Waals surface area contributed by atoms with Gasteiger partial charge >= 0.3 is 0 Å². The number of nitrogens with one attached hydrogen (secondary N) is 1. The maximum absolute atomic E-state index is 8.74. The molecule has 0 radical (unpaired) electrons. The molecule has 0 saturated carbocycles. The summed E-state index contributed by atoms with van der Waals surface area (Å²) in [7, 11) is 0. The number of hydrogen-bond acceptors (Lipinski definition) is 6. The van der Waals surface area contributed by atoms with Gasteiger partial charge in [-0.15, -0.1) is 5.10 Å². The molecule has 0 bridgehead atoms. The molecule has 19 heavy (non-hydrogen) atoms. The lowest BCUT2D eigenvalue weighted by molar-refractivity contribution is 0.0384. The molecule has 108 valence electrons. The van der Waals surface area contributed by atoms with E-state index in [2.05, 4.69) is 20.5 Å². The molecule has 0 spiro atoms. The first-order valence-corrected chi connectivity index (χ1v) is 6.89. The predicted octanol–water partition coefficient (Wildman–Crippen LogP) is -0.918. The van der Waals surface area contributed by atoms with Crippen LogP contribution in [0.15, 0.2) is 6.20 Å². The molecule has 1 saturated heterocycles. The third-order valence-corrected chi connectivity index (χ3v) is 3.15. The molecule has 7 nitrogen and oxygen atoms in total. The Morgan fingerprint density at radius 2 is 2.16 bits per heavy atom. The van der Waals surface area contributed by atoms with Crippen molar-refractivity contribution in [1.82, 2.24) is 25.2 Å². The highest BCUT2D eigenvalue weighted by Gasteiger charge is 2.09. The van der Waals surface area contributed by atoms with Crippen LogP contribution in [-0.4, -0.2) is 71.0 Å². The SMILES string of the molecule is OCCCn1cc(CNCCN2CCOCC2)nn1. The van der Waals surface area contributed by atoms with E-state index in [1.807, 2.05) is 6.20 Å². The third-order valence-electron chi connectivity index (χ3n) is 3.15. The zero-order valence-corrected chi connectivity index (χ0v) is 11.3. The molecule has 0 atom stereocenters. The van der Waals surface area contributed by atoms with Crippen LogP contribution in [0.25, 0.3) is 0 Å². The highest BCUT2D eigenvalue weighted by atomic mass is 16.5. The first kappa shape index (κ1) is 14.4. The molecule has 2 N–H and O–H groups in total. The van der Waals surface area contributed by atoms with Gasteiger partial charge in [-0.25, -0.2) is 0 Å². The predicted molar refractivity (Wildman–Crippen MR) is 70.7 cm³/mol. The minimum Gasteiger partial charge on any atom is -0.396 e. The average Bonchev–Trinajstić information content (AvgIpc) is 2.90. The minimum atomic E-state index is 0.187. The van der Waals surface area contributed by atoms with Crippen LogP contribution < -0.4 is 5.32 Å². The number of aryl methyl sites for hydroxylation is 1. The average molecular weight is 269 g/mol. The minimum absolute atomic E-state index is 0.187. The standard InChI is InChI=1S/C12H23N5O2/c18-7-1-3-17-11-12(14-15-17)10-13-2-4-16-5-8-19-9-6-16/h11,13,18H,1-10H2. The molecule has 1 aliphatic rings. The molecule has 0 aromatic carbocycles. The third kappa shape index (κ3) is 5.23. The van der Waals surface area contributed by atoms with Crippen LogP contribution >= 0.6 is 0 Å². The van der Waals surface area contributed by atoms with Gasteiger partial charge in [-0.3, -0.25) is 9.58 Å². The maximum atomic E-state index is 8.74.